The molecular formula is C47H86O9. The second-order valence-electron chi connectivity index (χ2n) is 15.8. The van der Waals surface area contributed by atoms with Crippen molar-refractivity contribution in [2.45, 2.75) is 230 Å². The van der Waals surface area contributed by atoms with E-state index in [4.69, 9.17) is 18.9 Å². The minimum absolute atomic E-state index is 0.115. The highest BCUT2D eigenvalue weighted by atomic mass is 16.7. The zero-order chi connectivity index (χ0) is 40.7. The van der Waals surface area contributed by atoms with Crippen molar-refractivity contribution in [2.75, 3.05) is 26.4 Å². The third-order valence-corrected chi connectivity index (χ3v) is 10.6. The Kier molecular flexibility index (Phi) is 36.4. The van der Waals surface area contributed by atoms with Gasteiger partial charge in [0.05, 0.1) is 19.8 Å². The third kappa shape index (κ3) is 29.6. The third-order valence-electron chi connectivity index (χ3n) is 10.6. The summed E-state index contributed by atoms with van der Waals surface area (Å²) in [4.78, 5) is 12.8. The average molecular weight is 795 g/mol. The molecule has 0 aromatic heterocycles. The predicted molar refractivity (Wildman–Crippen MR) is 228 cm³/mol. The molecule has 0 spiro atoms. The molecule has 4 N–H and O–H groups in total. The van der Waals surface area contributed by atoms with Crippen LogP contribution in [-0.2, 0) is 23.7 Å². The van der Waals surface area contributed by atoms with E-state index in [1.54, 1.807) is 0 Å². The number of carbonyl (C=O) groups is 1. The summed E-state index contributed by atoms with van der Waals surface area (Å²) < 4.78 is 22.8. The molecule has 56 heavy (non-hydrogen) atoms. The molecule has 0 amide bonds. The summed E-state index contributed by atoms with van der Waals surface area (Å²) in [5.41, 5.74) is 0. The first-order valence-electron chi connectivity index (χ1n) is 23.1. The summed E-state index contributed by atoms with van der Waals surface area (Å²) in [6, 6.07) is 0. The molecule has 9 heteroatoms. The molecule has 0 aromatic rings. The zero-order valence-corrected chi connectivity index (χ0v) is 35.9. The smallest absolute Gasteiger partial charge is 0.306 e. The Bertz CT molecular complexity index is 952. The van der Waals surface area contributed by atoms with Gasteiger partial charge in [-0.1, -0.05) is 179 Å². The van der Waals surface area contributed by atoms with E-state index in [2.05, 4.69) is 50.3 Å². The Morgan fingerprint density at radius 1 is 0.589 bits per heavy atom. The van der Waals surface area contributed by atoms with Crippen LogP contribution in [0, 0.1) is 0 Å². The standard InChI is InChI=1S/C47H86O9/c1-3-5-7-9-11-13-15-17-19-21-22-24-26-28-30-32-34-36-43(49)55-41(40-54-47-46(52)45(51)44(50)42(38-48)56-47)39-53-37-35-33-31-29-27-25-23-20-18-16-14-12-10-8-6-4-2/h5,7,11,13,17,19,41-42,44-48,50-52H,3-4,6,8-10,12,14-16,18,20-40H2,1-2H3/b7-5-,13-11-,19-17-. The number of hydrogen-bond donors (Lipinski definition) is 4. The molecule has 6 unspecified atom stereocenters. The molecule has 1 rings (SSSR count). The maximum Gasteiger partial charge on any atom is 0.306 e. The van der Waals surface area contributed by atoms with Crippen molar-refractivity contribution in [1.82, 2.24) is 0 Å². The summed E-state index contributed by atoms with van der Waals surface area (Å²) in [6.45, 7) is 4.46. The van der Waals surface area contributed by atoms with Crippen LogP contribution in [0.1, 0.15) is 194 Å². The Hall–Kier alpha value is -1.59. The quantitative estimate of drug-likeness (QED) is 0.0272. The van der Waals surface area contributed by atoms with Crippen molar-refractivity contribution in [1.29, 1.82) is 0 Å². The van der Waals surface area contributed by atoms with Gasteiger partial charge in [0.1, 0.15) is 30.5 Å². The van der Waals surface area contributed by atoms with Gasteiger partial charge in [-0.25, -0.2) is 0 Å². The number of unbranched alkanes of at least 4 members (excludes halogenated alkanes) is 22. The summed E-state index contributed by atoms with van der Waals surface area (Å²) >= 11 is 0. The maximum absolute atomic E-state index is 12.8. The number of esters is 1. The van der Waals surface area contributed by atoms with Crippen LogP contribution in [0.5, 0.6) is 0 Å². The van der Waals surface area contributed by atoms with Crippen molar-refractivity contribution in [3.8, 4) is 0 Å². The summed E-state index contributed by atoms with van der Waals surface area (Å²) in [5.74, 6) is -0.322. The molecule has 0 aromatic carbocycles. The van der Waals surface area contributed by atoms with Crippen LogP contribution in [-0.4, -0.2) is 89.6 Å². The fourth-order valence-corrected chi connectivity index (χ4v) is 6.98. The molecule has 1 fully saturated rings. The average Bonchev–Trinajstić information content (AvgIpc) is 3.20. The Balaban J connectivity index is 2.25. The van der Waals surface area contributed by atoms with Gasteiger partial charge in [0.2, 0.25) is 0 Å². The second kappa shape index (κ2) is 38.9. The van der Waals surface area contributed by atoms with E-state index < -0.39 is 43.4 Å². The van der Waals surface area contributed by atoms with Crippen LogP contribution in [0.3, 0.4) is 0 Å². The monoisotopic (exact) mass is 795 g/mol. The first-order valence-corrected chi connectivity index (χ1v) is 23.1. The second-order valence-corrected chi connectivity index (χ2v) is 15.8. The zero-order valence-electron chi connectivity index (χ0n) is 35.9. The molecule has 328 valence electrons. The van der Waals surface area contributed by atoms with Gasteiger partial charge in [-0.15, -0.1) is 0 Å². The fourth-order valence-electron chi connectivity index (χ4n) is 6.98. The number of ether oxygens (including phenoxy) is 4. The highest BCUT2D eigenvalue weighted by Gasteiger charge is 2.44. The van der Waals surface area contributed by atoms with Crippen LogP contribution in [0.2, 0.25) is 0 Å². The lowest BCUT2D eigenvalue weighted by atomic mass is 9.99. The molecule has 0 aliphatic carbocycles. The Morgan fingerprint density at radius 3 is 1.64 bits per heavy atom. The summed E-state index contributed by atoms with van der Waals surface area (Å²) in [5, 5.41) is 40.1. The van der Waals surface area contributed by atoms with Gasteiger partial charge in [-0.05, 0) is 44.9 Å². The minimum atomic E-state index is -1.54. The summed E-state index contributed by atoms with van der Waals surface area (Å²) in [6.07, 6.45) is 38.8. The van der Waals surface area contributed by atoms with Gasteiger partial charge >= 0.3 is 5.97 Å². The Morgan fingerprint density at radius 2 is 1.09 bits per heavy atom. The van der Waals surface area contributed by atoms with Crippen LogP contribution >= 0.6 is 0 Å². The molecule has 1 heterocycles. The highest BCUT2D eigenvalue weighted by molar-refractivity contribution is 5.69. The van der Waals surface area contributed by atoms with Crippen LogP contribution in [0.15, 0.2) is 36.5 Å². The predicted octanol–water partition coefficient (Wildman–Crippen LogP) is 10.4. The topological polar surface area (TPSA) is 135 Å². The van der Waals surface area contributed by atoms with Gasteiger partial charge in [0, 0.05) is 13.0 Å². The van der Waals surface area contributed by atoms with Gasteiger partial charge in [0.25, 0.3) is 0 Å². The van der Waals surface area contributed by atoms with Crippen molar-refractivity contribution in [3.05, 3.63) is 36.5 Å². The van der Waals surface area contributed by atoms with Gasteiger partial charge in [-0.3, -0.25) is 4.79 Å². The van der Waals surface area contributed by atoms with E-state index in [-0.39, 0.29) is 19.2 Å². The van der Waals surface area contributed by atoms with Gasteiger partial charge < -0.3 is 39.4 Å². The number of aliphatic hydroxyl groups excluding tert-OH is 4. The largest absolute Gasteiger partial charge is 0.457 e. The Labute approximate surface area is 342 Å². The lowest BCUT2D eigenvalue weighted by Crippen LogP contribution is -2.59. The SMILES string of the molecule is CC/C=C\C/C=C\C/C=C\CCCCCCCCCC(=O)OC(COCCCCCCCCCCCCCCCCCC)COC1OC(CO)C(O)C(O)C1O. The van der Waals surface area contributed by atoms with Crippen LogP contribution in [0.4, 0.5) is 0 Å². The first-order chi connectivity index (χ1) is 27.4. The van der Waals surface area contributed by atoms with E-state index in [9.17, 15) is 25.2 Å². The van der Waals surface area contributed by atoms with Crippen LogP contribution < -0.4 is 0 Å². The molecule has 1 aliphatic rings. The number of carbonyl (C=O) groups excluding carboxylic acids is 1. The van der Waals surface area contributed by atoms with Gasteiger partial charge in [0.15, 0.2) is 6.29 Å². The minimum Gasteiger partial charge on any atom is -0.457 e. The van der Waals surface area contributed by atoms with Gasteiger partial charge in [-0.2, -0.15) is 0 Å². The van der Waals surface area contributed by atoms with E-state index in [1.807, 2.05) is 0 Å². The lowest BCUT2D eigenvalue weighted by Gasteiger charge is -2.39. The van der Waals surface area contributed by atoms with E-state index >= 15 is 0 Å². The van der Waals surface area contributed by atoms with Crippen molar-refractivity contribution in [3.63, 3.8) is 0 Å². The number of aliphatic hydroxyl groups is 4. The van der Waals surface area contributed by atoms with E-state index in [0.717, 1.165) is 64.2 Å². The number of rotatable bonds is 39. The van der Waals surface area contributed by atoms with Crippen molar-refractivity contribution >= 4 is 5.97 Å². The maximum atomic E-state index is 12.8. The highest BCUT2D eigenvalue weighted by Crippen LogP contribution is 2.23. The molecular weight excluding hydrogens is 709 g/mol. The lowest BCUT2D eigenvalue weighted by molar-refractivity contribution is -0.305. The van der Waals surface area contributed by atoms with Crippen molar-refractivity contribution < 1.29 is 44.2 Å². The summed E-state index contributed by atoms with van der Waals surface area (Å²) in [7, 11) is 0. The van der Waals surface area contributed by atoms with E-state index in [0.29, 0.717) is 13.0 Å². The van der Waals surface area contributed by atoms with E-state index in [1.165, 1.54) is 109 Å². The molecule has 0 radical (unpaired) electrons. The van der Waals surface area contributed by atoms with Crippen LogP contribution in [0.25, 0.3) is 0 Å². The fraction of sp³-hybridized carbons (Fsp3) is 0.851. The normalized spacial score (nSPS) is 20.9. The van der Waals surface area contributed by atoms with Crippen molar-refractivity contribution in [2.24, 2.45) is 0 Å². The molecule has 9 nitrogen and oxygen atoms in total. The number of hydrogen-bond acceptors (Lipinski definition) is 9. The molecule has 1 saturated heterocycles. The molecule has 1 aliphatic heterocycles. The number of allylic oxidation sites excluding steroid dienone is 6. The first kappa shape index (κ1) is 52.4. The molecule has 0 saturated carbocycles. The molecule has 6 atom stereocenters. The molecule has 0 bridgehead atoms.